The largest absolute Gasteiger partial charge is 0.493 e. The number of halogens is 1. The van der Waals surface area contributed by atoms with E-state index in [1.54, 1.807) is 18.2 Å². The molecule has 44 heavy (non-hydrogen) atoms. The Morgan fingerprint density at radius 3 is 2.73 bits per heavy atom. The molecule has 1 aromatic carbocycles. The van der Waals surface area contributed by atoms with Gasteiger partial charge in [0.05, 0.1) is 23.4 Å². The van der Waals surface area contributed by atoms with Crippen LogP contribution in [0.2, 0.25) is 5.02 Å². The zero-order valence-electron chi connectivity index (χ0n) is 24.0. The van der Waals surface area contributed by atoms with Crippen LogP contribution in [0, 0.1) is 16.7 Å². The molecule has 2 atom stereocenters. The fourth-order valence-electron chi connectivity index (χ4n) is 6.17. The first-order valence-corrected chi connectivity index (χ1v) is 15.6. The molecule has 0 unspecified atom stereocenters. The van der Waals surface area contributed by atoms with Gasteiger partial charge in [0.1, 0.15) is 16.9 Å². The highest BCUT2D eigenvalue weighted by Crippen LogP contribution is 2.43. The molecule has 1 amide bonds. The van der Waals surface area contributed by atoms with Gasteiger partial charge < -0.3 is 31.5 Å². The van der Waals surface area contributed by atoms with Crippen LogP contribution in [0.3, 0.4) is 0 Å². The van der Waals surface area contributed by atoms with E-state index in [1.807, 2.05) is 11.8 Å². The van der Waals surface area contributed by atoms with E-state index in [0.717, 1.165) is 37.4 Å². The Bertz CT molecular complexity index is 1740. The van der Waals surface area contributed by atoms with Crippen molar-refractivity contribution in [1.82, 2.24) is 19.5 Å². The van der Waals surface area contributed by atoms with Crippen LogP contribution in [0.4, 0.5) is 17.3 Å². The SMILES string of the molecule is C[C@@H]1OCC2(CCN(c3nc(N)c(Sc4cccc(NC(=O)c5c(O)nc6n(c5=O)CCCC6)c4Cl)nc3C#N)CC2)[C@@H]1N. The maximum absolute atomic E-state index is 13.1. The molecule has 3 aliphatic heterocycles. The molecule has 0 saturated carbocycles. The second kappa shape index (κ2) is 11.9. The van der Waals surface area contributed by atoms with E-state index in [0.29, 0.717) is 49.2 Å². The molecule has 5 heterocycles. The van der Waals surface area contributed by atoms with Crippen LogP contribution in [0.5, 0.6) is 5.88 Å². The number of nitrogen functional groups attached to an aromatic ring is 1. The van der Waals surface area contributed by atoms with Gasteiger partial charge in [-0.15, -0.1) is 0 Å². The normalized spacial score (nSPS) is 20.7. The molecule has 6 rings (SSSR count). The highest BCUT2D eigenvalue weighted by Gasteiger charge is 2.48. The van der Waals surface area contributed by atoms with E-state index in [9.17, 15) is 20.0 Å². The fourth-order valence-corrected chi connectivity index (χ4v) is 7.30. The predicted octanol–water partition coefficient (Wildman–Crippen LogP) is 2.92. The minimum absolute atomic E-state index is 0.0116. The van der Waals surface area contributed by atoms with Gasteiger partial charge in [-0.1, -0.05) is 29.4 Å². The van der Waals surface area contributed by atoms with Crippen LogP contribution >= 0.6 is 23.4 Å². The molecule has 3 aliphatic rings. The molecule has 1 spiro atoms. The third-order valence-electron chi connectivity index (χ3n) is 8.79. The minimum atomic E-state index is -0.830. The van der Waals surface area contributed by atoms with Crippen molar-refractivity contribution in [3.8, 4) is 11.9 Å². The van der Waals surface area contributed by atoms with Crippen molar-refractivity contribution in [3.63, 3.8) is 0 Å². The first kappa shape index (κ1) is 30.1. The number of benzene rings is 1. The van der Waals surface area contributed by atoms with Crippen molar-refractivity contribution in [2.24, 2.45) is 11.1 Å². The van der Waals surface area contributed by atoms with Gasteiger partial charge in [-0.05, 0) is 44.7 Å². The summed E-state index contributed by atoms with van der Waals surface area (Å²) in [5.41, 5.74) is 12.0. The number of nitrogens with two attached hydrogens (primary N) is 2. The fraction of sp³-hybridized carbons (Fsp3) is 0.448. The molecule has 0 radical (unpaired) electrons. The number of fused-ring (bicyclic) bond motifs is 1. The van der Waals surface area contributed by atoms with Crippen molar-refractivity contribution in [1.29, 1.82) is 5.26 Å². The smallest absolute Gasteiger partial charge is 0.270 e. The Kier molecular flexibility index (Phi) is 8.14. The van der Waals surface area contributed by atoms with Gasteiger partial charge in [-0.3, -0.25) is 14.2 Å². The summed E-state index contributed by atoms with van der Waals surface area (Å²) < 4.78 is 7.24. The van der Waals surface area contributed by atoms with Crippen molar-refractivity contribution in [3.05, 3.63) is 50.7 Å². The topological polar surface area (TPSA) is 198 Å². The molecule has 15 heteroatoms. The monoisotopic (exact) mass is 637 g/mol. The summed E-state index contributed by atoms with van der Waals surface area (Å²) in [5.74, 6) is -0.445. The van der Waals surface area contributed by atoms with Crippen LogP contribution in [0.1, 0.15) is 54.5 Å². The minimum Gasteiger partial charge on any atom is -0.493 e. The Balaban J connectivity index is 1.21. The highest BCUT2D eigenvalue weighted by molar-refractivity contribution is 7.99. The standard InChI is InChI=1S/C29H32ClN9O4S/c1-15-22(32)29(14-43-15)8-11-38(12-9-29)24-17(13-31)35-27(23(33)37-24)44-18-6-4-5-16(21(18)30)34-25(40)20-26(41)36-19-7-2-3-10-39(19)28(20)42/h4-6,15,22,41H,2-3,7-12,14,32H2,1H3,(H2,33,37)(H,34,40)/t15-,22+/m0/s1. The van der Waals surface area contributed by atoms with E-state index in [2.05, 4.69) is 26.3 Å². The number of carbonyl (C=O) groups is 1. The average molecular weight is 638 g/mol. The molecule has 3 aromatic rings. The Labute approximate surface area is 262 Å². The zero-order valence-corrected chi connectivity index (χ0v) is 25.6. The maximum Gasteiger partial charge on any atom is 0.270 e. The predicted molar refractivity (Wildman–Crippen MR) is 165 cm³/mol. The highest BCUT2D eigenvalue weighted by atomic mass is 35.5. The number of hydrogen-bond donors (Lipinski definition) is 4. The van der Waals surface area contributed by atoms with Crippen molar-refractivity contribution in [2.45, 2.75) is 67.6 Å². The van der Waals surface area contributed by atoms with Gasteiger partial charge in [0.2, 0.25) is 5.88 Å². The molecule has 2 fully saturated rings. The van der Waals surface area contributed by atoms with Gasteiger partial charge in [-0.25, -0.2) is 9.97 Å². The van der Waals surface area contributed by atoms with Crippen LogP contribution in [-0.2, 0) is 17.7 Å². The third-order valence-corrected chi connectivity index (χ3v) is 10.4. The molecular formula is C29H32ClN9O4S. The zero-order chi connectivity index (χ0) is 31.2. The molecule has 2 aromatic heterocycles. The lowest BCUT2D eigenvalue weighted by molar-refractivity contribution is 0.0974. The Morgan fingerprint density at radius 2 is 2.02 bits per heavy atom. The lowest BCUT2D eigenvalue weighted by Crippen LogP contribution is -2.51. The number of nitriles is 1. The molecule has 13 nitrogen and oxygen atoms in total. The van der Waals surface area contributed by atoms with Crippen LogP contribution in [0.15, 0.2) is 32.9 Å². The van der Waals surface area contributed by atoms with E-state index < -0.39 is 22.9 Å². The van der Waals surface area contributed by atoms with Crippen LogP contribution in [-0.4, -0.2) is 62.4 Å². The molecule has 230 valence electrons. The van der Waals surface area contributed by atoms with Crippen LogP contribution < -0.4 is 27.2 Å². The summed E-state index contributed by atoms with van der Waals surface area (Å²) in [4.78, 5) is 41.7. The number of nitrogens with zero attached hydrogens (tertiary/aromatic N) is 6. The molecule has 0 aliphatic carbocycles. The number of aromatic hydroxyl groups is 1. The second-order valence-electron chi connectivity index (χ2n) is 11.4. The van der Waals surface area contributed by atoms with Crippen LogP contribution in [0.25, 0.3) is 0 Å². The summed E-state index contributed by atoms with van der Waals surface area (Å²) in [6.45, 7) is 4.34. The van der Waals surface area contributed by atoms with Gasteiger partial charge in [0.15, 0.2) is 22.9 Å². The lowest BCUT2D eigenvalue weighted by Gasteiger charge is -2.41. The van der Waals surface area contributed by atoms with E-state index in [1.165, 1.54) is 4.57 Å². The summed E-state index contributed by atoms with van der Waals surface area (Å²) in [6, 6.07) is 7.03. The number of anilines is 3. The second-order valence-corrected chi connectivity index (χ2v) is 12.8. The first-order chi connectivity index (χ1) is 21.1. The number of ether oxygens (including phenoxy) is 1. The number of piperidine rings is 1. The number of rotatable bonds is 5. The summed E-state index contributed by atoms with van der Waals surface area (Å²) in [5, 5.41) is 23.4. The summed E-state index contributed by atoms with van der Waals surface area (Å²) >= 11 is 7.76. The van der Waals surface area contributed by atoms with Crippen molar-refractivity contribution in [2.75, 3.05) is 35.6 Å². The average Bonchev–Trinajstić information content (AvgIpc) is 3.28. The molecule has 0 bridgehead atoms. The molecular weight excluding hydrogens is 606 g/mol. The number of hydrogen-bond acceptors (Lipinski definition) is 12. The summed E-state index contributed by atoms with van der Waals surface area (Å²) in [6.07, 6.45) is 3.82. The van der Waals surface area contributed by atoms with E-state index >= 15 is 0 Å². The first-order valence-electron chi connectivity index (χ1n) is 14.4. The molecule has 6 N–H and O–H groups in total. The number of amides is 1. The number of aromatic nitrogens is 4. The number of aryl methyl sites for hydroxylation is 1. The Hall–Kier alpha value is -3.90. The quantitative estimate of drug-likeness (QED) is 0.319. The van der Waals surface area contributed by atoms with Gasteiger partial charge in [0.25, 0.3) is 11.5 Å². The lowest BCUT2D eigenvalue weighted by atomic mass is 9.73. The number of carbonyl (C=O) groups excluding carboxylic acids is 1. The van der Waals surface area contributed by atoms with Gasteiger partial charge in [-0.2, -0.15) is 10.2 Å². The molecule has 2 saturated heterocycles. The van der Waals surface area contributed by atoms with Gasteiger partial charge >= 0.3 is 0 Å². The van der Waals surface area contributed by atoms with Gasteiger partial charge in [0, 0.05) is 42.4 Å². The van der Waals surface area contributed by atoms with E-state index in [-0.39, 0.29) is 44.8 Å². The summed E-state index contributed by atoms with van der Waals surface area (Å²) in [7, 11) is 0. The number of nitrogens with one attached hydrogen (secondary N) is 1. The third kappa shape index (κ3) is 5.34. The van der Waals surface area contributed by atoms with Crippen molar-refractivity contribution < 1.29 is 14.6 Å². The van der Waals surface area contributed by atoms with Crippen molar-refractivity contribution >= 4 is 46.6 Å². The van der Waals surface area contributed by atoms with E-state index in [4.69, 9.17) is 27.8 Å². The Morgan fingerprint density at radius 1 is 1.25 bits per heavy atom. The maximum atomic E-state index is 13.1.